The number of carbonyl (C=O) groups is 1. The van der Waals surface area contributed by atoms with Crippen LogP contribution < -0.4 is 4.90 Å². The van der Waals surface area contributed by atoms with E-state index >= 15 is 0 Å². The lowest BCUT2D eigenvalue weighted by atomic mass is 9.89. The third-order valence-electron chi connectivity index (χ3n) is 5.25. The third-order valence-corrected chi connectivity index (χ3v) is 5.25. The molecule has 1 atom stereocenters. The lowest BCUT2D eigenvalue weighted by molar-refractivity contribution is -0.142. The second kappa shape index (κ2) is 6.87. The summed E-state index contributed by atoms with van der Waals surface area (Å²) in [6.45, 7) is 7.30. The fourth-order valence-electron chi connectivity index (χ4n) is 3.36. The second-order valence-electron chi connectivity index (χ2n) is 7.58. The summed E-state index contributed by atoms with van der Waals surface area (Å²) < 4.78 is 5.54. The van der Waals surface area contributed by atoms with Crippen molar-refractivity contribution in [3.05, 3.63) is 36.3 Å². The minimum atomic E-state index is -1.15. The maximum atomic E-state index is 11.9. The number of hydrogen-bond donors (Lipinski definition) is 2. The Kier molecular flexibility index (Phi) is 4.50. The average Bonchev–Trinajstić information content (AvgIpc) is 3.16. The van der Waals surface area contributed by atoms with Crippen LogP contribution in [-0.2, 0) is 14.9 Å². The quantitative estimate of drug-likeness (QED) is 0.716. The molecule has 0 aliphatic carbocycles. The molecule has 0 unspecified atom stereocenters. The number of aliphatic carboxylic acids is 1. The first-order chi connectivity index (χ1) is 13.4. The zero-order valence-electron chi connectivity index (χ0n) is 16.1. The number of ether oxygens (including phenoxy) is 1. The molecule has 1 aliphatic rings. The van der Waals surface area contributed by atoms with Gasteiger partial charge < -0.3 is 19.7 Å². The molecular formula is C20H23N5O3. The van der Waals surface area contributed by atoms with E-state index in [0.717, 1.165) is 16.6 Å². The zero-order chi connectivity index (χ0) is 19.9. The Morgan fingerprint density at radius 2 is 2.18 bits per heavy atom. The number of carboxylic acids is 1. The van der Waals surface area contributed by atoms with Crippen molar-refractivity contribution < 1.29 is 14.6 Å². The van der Waals surface area contributed by atoms with Gasteiger partial charge in [-0.25, -0.2) is 15.0 Å². The Hall–Kier alpha value is -3.00. The van der Waals surface area contributed by atoms with E-state index in [1.54, 1.807) is 26.1 Å². The number of rotatable bonds is 4. The molecule has 8 heteroatoms. The van der Waals surface area contributed by atoms with Crippen molar-refractivity contribution in [3.63, 3.8) is 0 Å². The average molecular weight is 381 g/mol. The van der Waals surface area contributed by atoms with Gasteiger partial charge in [0.05, 0.1) is 24.9 Å². The number of pyridine rings is 1. The molecule has 146 valence electrons. The molecule has 1 fully saturated rings. The minimum Gasteiger partial charge on any atom is -0.481 e. The predicted octanol–water partition coefficient (Wildman–Crippen LogP) is 2.61. The number of morpholine rings is 1. The van der Waals surface area contributed by atoms with Crippen LogP contribution in [0.15, 0.2) is 30.6 Å². The van der Waals surface area contributed by atoms with Crippen molar-refractivity contribution in [2.75, 3.05) is 24.7 Å². The summed E-state index contributed by atoms with van der Waals surface area (Å²) in [6.07, 6.45) is 3.51. The number of aromatic nitrogens is 4. The molecule has 3 aromatic rings. The summed E-state index contributed by atoms with van der Waals surface area (Å²) in [5, 5.41) is 10.6. The Morgan fingerprint density at radius 1 is 1.36 bits per heavy atom. The van der Waals surface area contributed by atoms with Crippen LogP contribution in [-0.4, -0.2) is 56.8 Å². The van der Waals surface area contributed by atoms with E-state index < -0.39 is 11.4 Å². The van der Waals surface area contributed by atoms with Gasteiger partial charge in [0.1, 0.15) is 16.9 Å². The topological polar surface area (TPSA) is 104 Å². The van der Waals surface area contributed by atoms with Crippen LogP contribution in [0.5, 0.6) is 0 Å². The Balaban J connectivity index is 1.92. The lowest BCUT2D eigenvalue weighted by Gasteiger charge is -2.35. The SMILES string of the molecule is C[C@@H]1COCCN1c1cc(C(C)(C)C(=O)O)nc(-c2ccnc3[nH]ccc23)n1. The van der Waals surface area contributed by atoms with E-state index in [1.165, 1.54) is 0 Å². The van der Waals surface area contributed by atoms with Gasteiger partial charge in [0.25, 0.3) is 0 Å². The molecule has 1 aliphatic heterocycles. The number of aromatic amines is 1. The maximum absolute atomic E-state index is 11.9. The van der Waals surface area contributed by atoms with E-state index in [2.05, 4.69) is 26.8 Å². The van der Waals surface area contributed by atoms with Crippen molar-refractivity contribution in [1.82, 2.24) is 19.9 Å². The summed E-state index contributed by atoms with van der Waals surface area (Å²) in [7, 11) is 0. The van der Waals surface area contributed by atoms with Crippen molar-refractivity contribution in [2.45, 2.75) is 32.2 Å². The second-order valence-corrected chi connectivity index (χ2v) is 7.58. The summed E-state index contributed by atoms with van der Waals surface area (Å²) in [4.78, 5) is 30.9. The smallest absolute Gasteiger partial charge is 0.315 e. The lowest BCUT2D eigenvalue weighted by Crippen LogP contribution is -2.44. The van der Waals surface area contributed by atoms with Crippen molar-refractivity contribution in [2.24, 2.45) is 0 Å². The molecule has 4 rings (SSSR count). The molecule has 0 radical (unpaired) electrons. The highest BCUT2D eigenvalue weighted by Gasteiger charge is 2.33. The first-order valence-electron chi connectivity index (χ1n) is 9.27. The van der Waals surface area contributed by atoms with Crippen LogP contribution >= 0.6 is 0 Å². The zero-order valence-corrected chi connectivity index (χ0v) is 16.1. The van der Waals surface area contributed by atoms with Gasteiger partial charge in [-0.15, -0.1) is 0 Å². The predicted molar refractivity (Wildman–Crippen MR) is 105 cm³/mol. The van der Waals surface area contributed by atoms with Crippen LogP contribution in [0.2, 0.25) is 0 Å². The standard InChI is InChI=1S/C20H23N5O3/c1-12-11-28-9-8-25(12)16-10-15(20(2,3)19(26)27)23-18(24-16)14-5-7-22-17-13(14)4-6-21-17/h4-7,10,12H,8-9,11H2,1-3H3,(H,21,22)(H,26,27)/t12-/m1/s1. The van der Waals surface area contributed by atoms with Gasteiger partial charge in [-0.1, -0.05) is 0 Å². The Labute approximate surface area is 162 Å². The Morgan fingerprint density at radius 3 is 2.93 bits per heavy atom. The molecular weight excluding hydrogens is 358 g/mol. The number of anilines is 1. The van der Waals surface area contributed by atoms with E-state index in [4.69, 9.17) is 9.72 Å². The summed E-state index contributed by atoms with van der Waals surface area (Å²) in [5.41, 5.74) is 0.882. The highest BCUT2D eigenvalue weighted by molar-refractivity contribution is 5.91. The molecule has 0 bridgehead atoms. The molecule has 4 heterocycles. The molecule has 0 saturated carbocycles. The van der Waals surface area contributed by atoms with Gasteiger partial charge in [0.15, 0.2) is 5.82 Å². The van der Waals surface area contributed by atoms with Crippen LogP contribution in [0.4, 0.5) is 5.82 Å². The molecule has 3 aromatic heterocycles. The number of hydrogen-bond acceptors (Lipinski definition) is 6. The number of carboxylic acid groups (broad SMARTS) is 1. The fourth-order valence-corrected chi connectivity index (χ4v) is 3.36. The van der Waals surface area contributed by atoms with Crippen molar-refractivity contribution >= 4 is 22.8 Å². The van der Waals surface area contributed by atoms with E-state index in [1.807, 2.05) is 18.3 Å². The van der Waals surface area contributed by atoms with Gasteiger partial charge in [-0.3, -0.25) is 4.79 Å². The molecule has 0 amide bonds. The molecule has 2 N–H and O–H groups in total. The molecule has 0 spiro atoms. The third kappa shape index (κ3) is 3.09. The number of nitrogens with one attached hydrogen (secondary N) is 1. The van der Waals surface area contributed by atoms with E-state index in [9.17, 15) is 9.90 Å². The van der Waals surface area contributed by atoms with Gasteiger partial charge in [0.2, 0.25) is 0 Å². The summed E-state index contributed by atoms with van der Waals surface area (Å²) in [6, 6.07) is 5.71. The Bertz CT molecular complexity index is 1030. The van der Waals surface area contributed by atoms with Crippen LogP contribution in [0.1, 0.15) is 26.5 Å². The van der Waals surface area contributed by atoms with Crippen molar-refractivity contribution in [3.8, 4) is 11.4 Å². The van der Waals surface area contributed by atoms with E-state index in [-0.39, 0.29) is 6.04 Å². The molecule has 8 nitrogen and oxygen atoms in total. The fraction of sp³-hybridized carbons (Fsp3) is 0.400. The molecule has 28 heavy (non-hydrogen) atoms. The molecule has 0 aromatic carbocycles. The first-order valence-corrected chi connectivity index (χ1v) is 9.27. The van der Waals surface area contributed by atoms with Crippen LogP contribution in [0, 0.1) is 0 Å². The maximum Gasteiger partial charge on any atom is 0.315 e. The normalized spacial score (nSPS) is 17.8. The number of nitrogens with zero attached hydrogens (tertiary/aromatic N) is 4. The van der Waals surface area contributed by atoms with Crippen LogP contribution in [0.3, 0.4) is 0 Å². The van der Waals surface area contributed by atoms with Crippen molar-refractivity contribution in [1.29, 1.82) is 0 Å². The van der Waals surface area contributed by atoms with E-state index in [0.29, 0.717) is 37.1 Å². The van der Waals surface area contributed by atoms with Gasteiger partial charge in [-0.05, 0) is 32.9 Å². The minimum absolute atomic E-state index is 0.141. The molecule has 1 saturated heterocycles. The summed E-state index contributed by atoms with van der Waals surface area (Å²) >= 11 is 0. The monoisotopic (exact) mass is 381 g/mol. The van der Waals surface area contributed by atoms with Gasteiger partial charge in [0, 0.05) is 36.0 Å². The first kappa shape index (κ1) is 18.4. The highest BCUT2D eigenvalue weighted by atomic mass is 16.5. The number of fused-ring (bicyclic) bond motifs is 1. The van der Waals surface area contributed by atoms with Gasteiger partial charge in [-0.2, -0.15) is 0 Å². The largest absolute Gasteiger partial charge is 0.481 e. The number of H-pyrrole nitrogens is 1. The highest BCUT2D eigenvalue weighted by Crippen LogP contribution is 2.31. The van der Waals surface area contributed by atoms with Crippen LogP contribution in [0.25, 0.3) is 22.4 Å². The van der Waals surface area contributed by atoms with Gasteiger partial charge >= 0.3 is 5.97 Å². The summed E-state index contributed by atoms with van der Waals surface area (Å²) in [5.74, 6) is 0.276.